The summed E-state index contributed by atoms with van der Waals surface area (Å²) in [6.07, 6.45) is 1.28. The van der Waals surface area contributed by atoms with Gasteiger partial charge in [-0.2, -0.15) is 0 Å². The molecule has 1 aromatic rings. The molecule has 1 unspecified atom stereocenters. The molecule has 0 aromatic heterocycles. The van der Waals surface area contributed by atoms with Crippen molar-refractivity contribution in [1.29, 1.82) is 0 Å². The van der Waals surface area contributed by atoms with E-state index in [0.717, 1.165) is 6.42 Å². The third kappa shape index (κ3) is 5.09. The Morgan fingerprint density at radius 3 is 2.68 bits per heavy atom. The molecule has 0 saturated carbocycles. The Hall–Kier alpha value is -1.88. The molecule has 0 heterocycles. The summed E-state index contributed by atoms with van der Waals surface area (Å²) < 4.78 is 0. The van der Waals surface area contributed by atoms with Gasteiger partial charge in [-0.25, -0.2) is 4.79 Å². The quantitative estimate of drug-likeness (QED) is 0.689. The molecule has 2 amide bonds. The third-order valence-electron chi connectivity index (χ3n) is 2.83. The van der Waals surface area contributed by atoms with Crippen LogP contribution in [0.15, 0.2) is 24.3 Å². The van der Waals surface area contributed by atoms with Crippen molar-refractivity contribution in [2.75, 3.05) is 11.9 Å². The van der Waals surface area contributed by atoms with Crippen LogP contribution < -0.4 is 10.6 Å². The van der Waals surface area contributed by atoms with Crippen molar-refractivity contribution in [2.24, 2.45) is 0 Å². The number of anilines is 1. The van der Waals surface area contributed by atoms with Gasteiger partial charge >= 0.3 is 6.03 Å². The molecule has 0 radical (unpaired) electrons. The highest BCUT2D eigenvalue weighted by molar-refractivity contribution is 5.96. The molecule has 19 heavy (non-hydrogen) atoms. The first-order valence-corrected chi connectivity index (χ1v) is 6.36. The average molecular weight is 264 g/mol. The Balaban J connectivity index is 2.61. The number of nitrogens with one attached hydrogen (secondary N) is 2. The molecular formula is C14H20N2O3. The number of carbonyl (C=O) groups excluding carboxylic acids is 2. The first-order valence-electron chi connectivity index (χ1n) is 6.36. The van der Waals surface area contributed by atoms with Gasteiger partial charge in [-0.15, -0.1) is 0 Å². The zero-order valence-corrected chi connectivity index (χ0v) is 11.3. The van der Waals surface area contributed by atoms with E-state index in [4.69, 9.17) is 5.11 Å². The van der Waals surface area contributed by atoms with Gasteiger partial charge in [-0.05, 0) is 31.9 Å². The molecule has 0 aliphatic heterocycles. The Morgan fingerprint density at radius 2 is 2.11 bits per heavy atom. The van der Waals surface area contributed by atoms with E-state index >= 15 is 0 Å². The van der Waals surface area contributed by atoms with Crippen LogP contribution in [0, 0.1) is 0 Å². The molecule has 5 nitrogen and oxygen atoms in total. The molecule has 1 aromatic carbocycles. The molecule has 0 aliphatic carbocycles. The van der Waals surface area contributed by atoms with E-state index < -0.39 is 0 Å². The first-order chi connectivity index (χ1) is 9.06. The predicted octanol–water partition coefficient (Wildman–Crippen LogP) is 2.17. The number of benzene rings is 1. The van der Waals surface area contributed by atoms with Crippen LogP contribution in [0.2, 0.25) is 0 Å². The second-order valence-electron chi connectivity index (χ2n) is 4.35. The Labute approximate surface area is 113 Å². The molecule has 0 fully saturated rings. The predicted molar refractivity (Wildman–Crippen MR) is 74.4 cm³/mol. The van der Waals surface area contributed by atoms with E-state index in [1.54, 1.807) is 24.3 Å². The smallest absolute Gasteiger partial charge is 0.319 e. The molecule has 3 N–H and O–H groups in total. The molecule has 0 bridgehead atoms. The van der Waals surface area contributed by atoms with Crippen molar-refractivity contribution in [1.82, 2.24) is 5.32 Å². The second-order valence-corrected chi connectivity index (χ2v) is 4.35. The zero-order valence-electron chi connectivity index (χ0n) is 11.3. The molecule has 0 saturated heterocycles. The SMILES string of the molecule is CCC(CCO)NC(=O)Nc1cccc(C(C)=O)c1. The van der Waals surface area contributed by atoms with E-state index in [0.29, 0.717) is 17.7 Å². The first kappa shape index (κ1) is 15.2. The van der Waals surface area contributed by atoms with Crippen molar-refractivity contribution in [2.45, 2.75) is 32.7 Å². The monoisotopic (exact) mass is 264 g/mol. The minimum Gasteiger partial charge on any atom is -0.396 e. The number of hydrogen-bond acceptors (Lipinski definition) is 3. The Bertz CT molecular complexity index is 446. The van der Waals surface area contributed by atoms with Crippen molar-refractivity contribution in [3.05, 3.63) is 29.8 Å². The van der Waals surface area contributed by atoms with Gasteiger partial charge in [0.2, 0.25) is 0 Å². The van der Waals surface area contributed by atoms with Crippen molar-refractivity contribution < 1.29 is 14.7 Å². The standard InChI is InChI=1S/C14H20N2O3/c1-3-12(7-8-17)15-14(19)16-13-6-4-5-11(9-13)10(2)18/h4-6,9,12,17H,3,7-8H2,1-2H3,(H2,15,16,19). The minimum atomic E-state index is -0.332. The Kier molecular flexibility index (Phi) is 6.02. The normalized spacial score (nSPS) is 11.7. The third-order valence-corrected chi connectivity index (χ3v) is 2.83. The molecule has 104 valence electrons. The Morgan fingerprint density at radius 1 is 1.37 bits per heavy atom. The summed E-state index contributed by atoms with van der Waals surface area (Å²) >= 11 is 0. The number of hydrogen-bond donors (Lipinski definition) is 3. The summed E-state index contributed by atoms with van der Waals surface area (Å²) in [5.41, 5.74) is 1.13. The van der Waals surface area contributed by atoms with Crippen LogP contribution in [0.3, 0.4) is 0 Å². The molecule has 1 atom stereocenters. The lowest BCUT2D eigenvalue weighted by atomic mass is 10.1. The molecular weight excluding hydrogens is 244 g/mol. The summed E-state index contributed by atoms with van der Waals surface area (Å²) in [6, 6.07) is 6.39. The number of aliphatic hydroxyl groups excluding tert-OH is 1. The minimum absolute atomic E-state index is 0.0403. The molecule has 5 heteroatoms. The fourth-order valence-electron chi connectivity index (χ4n) is 1.70. The highest BCUT2D eigenvalue weighted by Crippen LogP contribution is 2.11. The van der Waals surface area contributed by atoms with Gasteiger partial charge in [0.25, 0.3) is 0 Å². The number of aliphatic hydroxyl groups is 1. The van der Waals surface area contributed by atoms with Gasteiger partial charge < -0.3 is 15.7 Å². The topological polar surface area (TPSA) is 78.4 Å². The number of urea groups is 1. The number of rotatable bonds is 6. The summed E-state index contributed by atoms with van der Waals surface area (Å²) in [5.74, 6) is -0.0456. The van der Waals surface area contributed by atoms with E-state index in [1.165, 1.54) is 6.92 Å². The van der Waals surface area contributed by atoms with Gasteiger partial charge in [0, 0.05) is 23.9 Å². The number of Topliss-reactive ketones (excluding diaryl/α,β-unsaturated/α-hetero) is 1. The second kappa shape index (κ2) is 7.53. The summed E-state index contributed by atoms with van der Waals surface area (Å²) in [4.78, 5) is 23.0. The average Bonchev–Trinajstić information content (AvgIpc) is 2.38. The van der Waals surface area contributed by atoms with Crippen LogP contribution in [-0.2, 0) is 0 Å². The summed E-state index contributed by atoms with van der Waals surface area (Å²) in [6.45, 7) is 3.46. The maximum atomic E-state index is 11.7. The van der Waals surface area contributed by atoms with Gasteiger partial charge in [0.15, 0.2) is 5.78 Å². The van der Waals surface area contributed by atoms with Crippen LogP contribution >= 0.6 is 0 Å². The number of carbonyl (C=O) groups is 2. The number of amides is 2. The maximum absolute atomic E-state index is 11.7. The van der Waals surface area contributed by atoms with Crippen LogP contribution in [-0.4, -0.2) is 29.6 Å². The lowest BCUT2D eigenvalue weighted by molar-refractivity contribution is 0.101. The van der Waals surface area contributed by atoms with Crippen LogP contribution in [0.1, 0.15) is 37.0 Å². The number of ketones is 1. The van der Waals surface area contributed by atoms with Crippen molar-refractivity contribution in [3.63, 3.8) is 0 Å². The van der Waals surface area contributed by atoms with Crippen LogP contribution in [0.25, 0.3) is 0 Å². The molecule has 0 aliphatic rings. The fourth-order valence-corrected chi connectivity index (χ4v) is 1.70. The van der Waals surface area contributed by atoms with Gasteiger partial charge in [-0.1, -0.05) is 19.1 Å². The van der Waals surface area contributed by atoms with Gasteiger partial charge in [0.1, 0.15) is 0 Å². The van der Waals surface area contributed by atoms with Crippen LogP contribution in [0.5, 0.6) is 0 Å². The van der Waals surface area contributed by atoms with Gasteiger partial charge in [0.05, 0.1) is 0 Å². The van der Waals surface area contributed by atoms with E-state index in [-0.39, 0.29) is 24.5 Å². The van der Waals surface area contributed by atoms with Crippen molar-refractivity contribution >= 4 is 17.5 Å². The van der Waals surface area contributed by atoms with Crippen molar-refractivity contribution in [3.8, 4) is 0 Å². The lowest BCUT2D eigenvalue weighted by Gasteiger charge is -2.16. The van der Waals surface area contributed by atoms with Crippen LogP contribution in [0.4, 0.5) is 10.5 Å². The highest BCUT2D eigenvalue weighted by atomic mass is 16.3. The zero-order chi connectivity index (χ0) is 14.3. The van der Waals surface area contributed by atoms with E-state index in [9.17, 15) is 9.59 Å². The molecule has 1 rings (SSSR count). The van der Waals surface area contributed by atoms with E-state index in [1.807, 2.05) is 6.92 Å². The summed E-state index contributed by atoms with van der Waals surface area (Å²) in [5, 5.41) is 14.3. The highest BCUT2D eigenvalue weighted by Gasteiger charge is 2.10. The van der Waals surface area contributed by atoms with Gasteiger partial charge in [-0.3, -0.25) is 4.79 Å². The summed E-state index contributed by atoms with van der Waals surface area (Å²) in [7, 11) is 0. The molecule has 0 spiro atoms. The largest absolute Gasteiger partial charge is 0.396 e. The van der Waals surface area contributed by atoms with E-state index in [2.05, 4.69) is 10.6 Å². The fraction of sp³-hybridized carbons (Fsp3) is 0.429. The maximum Gasteiger partial charge on any atom is 0.319 e. The lowest BCUT2D eigenvalue weighted by Crippen LogP contribution is -2.38.